The van der Waals surface area contributed by atoms with E-state index in [1.807, 2.05) is 0 Å². The van der Waals surface area contributed by atoms with Gasteiger partial charge in [0, 0.05) is 21.8 Å². The lowest BCUT2D eigenvalue weighted by Gasteiger charge is -2.05. The van der Waals surface area contributed by atoms with Crippen molar-refractivity contribution in [2.24, 2.45) is 0 Å². The van der Waals surface area contributed by atoms with Crippen molar-refractivity contribution in [2.45, 2.75) is 0 Å². The number of anilines is 1. The predicted octanol–water partition coefficient (Wildman–Crippen LogP) is 3.78. The summed E-state index contributed by atoms with van der Waals surface area (Å²) in [5, 5.41) is 2.59. The zero-order valence-corrected chi connectivity index (χ0v) is 13.5. The predicted molar refractivity (Wildman–Crippen MR) is 89.2 cm³/mol. The Labute approximate surface area is 141 Å². The largest absolute Gasteiger partial charge is 0.452 e. The van der Waals surface area contributed by atoms with Gasteiger partial charge in [-0.1, -0.05) is 34.1 Å². The fourth-order valence-electron chi connectivity index (χ4n) is 1.68. The van der Waals surface area contributed by atoms with Gasteiger partial charge in [0.25, 0.3) is 5.91 Å². The molecule has 0 bridgehead atoms. The molecule has 0 radical (unpaired) electrons. The van der Waals surface area contributed by atoms with Crippen molar-refractivity contribution in [3.63, 3.8) is 0 Å². The van der Waals surface area contributed by atoms with E-state index in [0.29, 0.717) is 5.69 Å². The third kappa shape index (κ3) is 5.67. The molecule has 0 saturated heterocycles. The minimum absolute atomic E-state index is 0.267. The van der Waals surface area contributed by atoms with Gasteiger partial charge in [-0.25, -0.2) is 9.18 Å². The Kier molecular flexibility index (Phi) is 6.05. The summed E-state index contributed by atoms with van der Waals surface area (Å²) in [7, 11) is 0. The van der Waals surface area contributed by atoms with E-state index < -0.39 is 24.3 Å². The smallest absolute Gasteiger partial charge is 0.331 e. The summed E-state index contributed by atoms with van der Waals surface area (Å²) < 4.78 is 19.0. The summed E-state index contributed by atoms with van der Waals surface area (Å²) in [5.41, 5.74) is 0.861. The molecule has 0 unspecified atom stereocenters. The minimum Gasteiger partial charge on any atom is -0.452 e. The van der Waals surface area contributed by atoms with E-state index in [2.05, 4.69) is 21.2 Å². The van der Waals surface area contributed by atoms with Crippen molar-refractivity contribution in [1.82, 2.24) is 0 Å². The lowest BCUT2D eigenvalue weighted by atomic mass is 10.2. The summed E-state index contributed by atoms with van der Waals surface area (Å²) in [6.45, 7) is -0.420. The summed E-state index contributed by atoms with van der Waals surface area (Å²) >= 11 is 3.29. The molecule has 2 aromatic rings. The molecular weight excluding hydrogens is 365 g/mol. The summed E-state index contributed by atoms with van der Waals surface area (Å²) in [4.78, 5) is 23.2. The van der Waals surface area contributed by atoms with E-state index >= 15 is 0 Å². The van der Waals surface area contributed by atoms with Crippen LogP contribution in [0.3, 0.4) is 0 Å². The average molecular weight is 378 g/mol. The zero-order valence-electron chi connectivity index (χ0n) is 12.0. The van der Waals surface area contributed by atoms with Crippen LogP contribution >= 0.6 is 15.9 Å². The fraction of sp³-hybridized carbons (Fsp3) is 0.0588. The maximum absolute atomic E-state index is 13.4. The first kappa shape index (κ1) is 16.9. The molecule has 0 aliphatic heterocycles. The Bertz CT molecular complexity index is 729. The molecule has 118 valence electrons. The Morgan fingerprint density at radius 1 is 1.13 bits per heavy atom. The van der Waals surface area contributed by atoms with Gasteiger partial charge in [0.2, 0.25) is 0 Å². The third-order valence-corrected chi connectivity index (χ3v) is 3.31. The van der Waals surface area contributed by atoms with Crippen molar-refractivity contribution >= 4 is 39.6 Å². The van der Waals surface area contributed by atoms with Crippen LogP contribution in [0.25, 0.3) is 6.08 Å². The first-order chi connectivity index (χ1) is 11.0. The molecule has 0 aliphatic rings. The van der Waals surface area contributed by atoms with Crippen molar-refractivity contribution in [3.05, 3.63) is 70.5 Å². The normalized spacial score (nSPS) is 10.5. The highest BCUT2D eigenvalue weighted by molar-refractivity contribution is 9.10. The second-order valence-electron chi connectivity index (χ2n) is 4.52. The van der Waals surface area contributed by atoms with Crippen LogP contribution in [-0.2, 0) is 14.3 Å². The molecule has 4 nitrogen and oxygen atoms in total. The number of halogens is 2. The molecule has 2 rings (SSSR count). The summed E-state index contributed by atoms with van der Waals surface area (Å²) in [6, 6.07) is 13.0. The number of carbonyl (C=O) groups is 2. The van der Waals surface area contributed by atoms with Crippen molar-refractivity contribution in [3.8, 4) is 0 Å². The van der Waals surface area contributed by atoms with Crippen LogP contribution in [0.5, 0.6) is 0 Å². The highest BCUT2D eigenvalue weighted by Crippen LogP contribution is 2.14. The van der Waals surface area contributed by atoms with E-state index in [0.717, 1.165) is 10.5 Å². The Balaban J connectivity index is 1.81. The maximum atomic E-state index is 13.4. The number of carbonyl (C=O) groups excluding carboxylic acids is 2. The summed E-state index contributed by atoms with van der Waals surface area (Å²) in [6.07, 6.45) is 2.37. The fourth-order valence-corrected chi connectivity index (χ4v) is 1.95. The van der Waals surface area contributed by atoms with Crippen LogP contribution in [0.2, 0.25) is 0 Å². The number of esters is 1. The highest BCUT2D eigenvalue weighted by atomic mass is 79.9. The van der Waals surface area contributed by atoms with Gasteiger partial charge >= 0.3 is 5.97 Å². The van der Waals surface area contributed by atoms with Gasteiger partial charge in [0.05, 0.1) is 0 Å². The Morgan fingerprint density at radius 3 is 2.52 bits per heavy atom. The number of ether oxygens (including phenoxy) is 1. The first-order valence-electron chi connectivity index (χ1n) is 6.69. The number of rotatable bonds is 5. The molecule has 0 saturated carbocycles. The Hall–Kier alpha value is -2.47. The molecular formula is C17H13BrFNO3. The summed E-state index contributed by atoms with van der Waals surface area (Å²) in [5.74, 6) is -1.62. The average Bonchev–Trinajstić information content (AvgIpc) is 2.54. The first-order valence-corrected chi connectivity index (χ1v) is 7.48. The van der Waals surface area contributed by atoms with Gasteiger partial charge in [-0.3, -0.25) is 4.79 Å². The monoisotopic (exact) mass is 377 g/mol. The number of amides is 1. The molecule has 0 fully saturated rings. The number of nitrogens with one attached hydrogen (secondary N) is 1. The molecule has 0 atom stereocenters. The zero-order chi connectivity index (χ0) is 16.7. The molecule has 2 aromatic carbocycles. The van der Waals surface area contributed by atoms with Gasteiger partial charge in [-0.2, -0.15) is 0 Å². The second-order valence-corrected chi connectivity index (χ2v) is 5.43. The van der Waals surface area contributed by atoms with E-state index in [4.69, 9.17) is 4.74 Å². The quantitative estimate of drug-likeness (QED) is 0.637. The van der Waals surface area contributed by atoms with Gasteiger partial charge in [-0.05, 0) is 36.4 Å². The molecule has 6 heteroatoms. The molecule has 0 spiro atoms. The standard InChI is InChI=1S/C17H13BrFNO3/c18-13-6-8-14(9-7-13)20-16(21)11-23-17(22)10-5-12-3-1-2-4-15(12)19/h1-10H,11H2,(H,20,21)/b10-5+. The third-order valence-electron chi connectivity index (χ3n) is 2.78. The van der Waals surface area contributed by atoms with Gasteiger partial charge in [-0.15, -0.1) is 0 Å². The molecule has 0 aromatic heterocycles. The van der Waals surface area contributed by atoms with Crippen LogP contribution in [0.15, 0.2) is 59.1 Å². The Morgan fingerprint density at radius 2 is 1.83 bits per heavy atom. The highest BCUT2D eigenvalue weighted by Gasteiger charge is 2.06. The van der Waals surface area contributed by atoms with E-state index in [9.17, 15) is 14.0 Å². The topological polar surface area (TPSA) is 55.4 Å². The minimum atomic E-state index is -0.723. The van der Waals surface area contributed by atoms with E-state index in [1.165, 1.54) is 18.2 Å². The van der Waals surface area contributed by atoms with Crippen LogP contribution in [-0.4, -0.2) is 18.5 Å². The lowest BCUT2D eigenvalue weighted by Crippen LogP contribution is -2.20. The lowest BCUT2D eigenvalue weighted by molar-refractivity contribution is -0.142. The maximum Gasteiger partial charge on any atom is 0.331 e. The van der Waals surface area contributed by atoms with Gasteiger partial charge in [0.15, 0.2) is 6.61 Å². The number of hydrogen-bond acceptors (Lipinski definition) is 3. The van der Waals surface area contributed by atoms with E-state index in [-0.39, 0.29) is 5.56 Å². The van der Waals surface area contributed by atoms with Crippen molar-refractivity contribution in [1.29, 1.82) is 0 Å². The van der Waals surface area contributed by atoms with Crippen LogP contribution in [0.4, 0.5) is 10.1 Å². The SMILES string of the molecule is O=C(COC(=O)/C=C/c1ccccc1F)Nc1ccc(Br)cc1. The molecule has 0 aliphatic carbocycles. The van der Waals surface area contributed by atoms with Crippen molar-refractivity contribution in [2.75, 3.05) is 11.9 Å². The van der Waals surface area contributed by atoms with Gasteiger partial charge < -0.3 is 10.1 Å². The van der Waals surface area contributed by atoms with E-state index in [1.54, 1.807) is 36.4 Å². The molecule has 1 N–H and O–H groups in total. The van der Waals surface area contributed by atoms with Gasteiger partial charge in [0.1, 0.15) is 5.82 Å². The number of hydrogen-bond donors (Lipinski definition) is 1. The van der Waals surface area contributed by atoms with Crippen LogP contribution in [0.1, 0.15) is 5.56 Å². The van der Waals surface area contributed by atoms with Crippen molar-refractivity contribution < 1.29 is 18.7 Å². The van der Waals surface area contributed by atoms with Crippen LogP contribution in [0, 0.1) is 5.82 Å². The molecule has 0 heterocycles. The molecule has 1 amide bonds. The van der Waals surface area contributed by atoms with Crippen LogP contribution < -0.4 is 5.32 Å². The number of benzene rings is 2. The second kappa shape index (κ2) is 8.24. The molecule has 23 heavy (non-hydrogen) atoms.